The smallest absolute Gasteiger partial charge is 0.333 e. The van der Waals surface area contributed by atoms with E-state index in [9.17, 15) is 18.8 Å². The molecule has 0 radical (unpaired) electrons. The molecule has 1 amide bonds. The summed E-state index contributed by atoms with van der Waals surface area (Å²) < 4.78 is 23.2. The van der Waals surface area contributed by atoms with Crippen molar-refractivity contribution >= 4 is 50.3 Å². The Bertz CT molecular complexity index is 1670. The minimum absolute atomic E-state index is 0.0736. The van der Waals surface area contributed by atoms with E-state index in [4.69, 9.17) is 4.74 Å². The van der Waals surface area contributed by atoms with E-state index in [-0.39, 0.29) is 40.8 Å². The Labute approximate surface area is 231 Å². The Morgan fingerprint density at radius 1 is 1.05 bits per heavy atom. The highest BCUT2D eigenvalue weighted by molar-refractivity contribution is 7.99. The largest absolute Gasteiger partial charge is 0.497 e. The lowest BCUT2D eigenvalue weighted by atomic mass is 9.91. The summed E-state index contributed by atoms with van der Waals surface area (Å²) in [5.41, 5.74) is 0.125. The predicted molar refractivity (Wildman–Crippen MR) is 151 cm³/mol. The second-order valence-electron chi connectivity index (χ2n) is 10.0. The number of ether oxygens (including phenoxy) is 1. The van der Waals surface area contributed by atoms with Crippen LogP contribution in [0.3, 0.4) is 0 Å². The summed E-state index contributed by atoms with van der Waals surface area (Å²) in [5.74, 6) is 1.72. The normalized spacial score (nSPS) is 20.4. The number of pyridine rings is 1. The van der Waals surface area contributed by atoms with Gasteiger partial charge in [0.2, 0.25) is 0 Å². The minimum Gasteiger partial charge on any atom is -0.497 e. The Kier molecular flexibility index (Phi) is 7.15. The number of thiazole rings is 1. The van der Waals surface area contributed by atoms with Crippen LogP contribution in [0.2, 0.25) is 0 Å². The third kappa shape index (κ3) is 4.95. The molecular weight excluding hydrogens is 541 g/mol. The highest BCUT2D eigenvalue weighted by Gasteiger charge is 2.30. The van der Waals surface area contributed by atoms with Crippen LogP contribution in [0, 0.1) is 5.82 Å². The van der Waals surface area contributed by atoms with Crippen molar-refractivity contribution in [3.63, 3.8) is 0 Å². The van der Waals surface area contributed by atoms with Crippen molar-refractivity contribution in [2.24, 2.45) is 0 Å². The fourth-order valence-corrected chi connectivity index (χ4v) is 7.63. The van der Waals surface area contributed by atoms with Gasteiger partial charge < -0.3 is 10.1 Å². The van der Waals surface area contributed by atoms with Gasteiger partial charge in [-0.1, -0.05) is 0 Å². The fraction of sp³-hybridized carbons (Fsp3) is 0.444. The lowest BCUT2D eigenvalue weighted by molar-refractivity contribution is 0.0921. The van der Waals surface area contributed by atoms with E-state index in [1.807, 2.05) is 30.0 Å². The second kappa shape index (κ2) is 10.7. The molecule has 1 N–H and O–H groups in total. The van der Waals surface area contributed by atoms with Crippen molar-refractivity contribution in [2.45, 2.75) is 56.7 Å². The van der Waals surface area contributed by atoms with Gasteiger partial charge >= 0.3 is 5.69 Å². The first-order chi connectivity index (χ1) is 18.9. The van der Waals surface area contributed by atoms with Gasteiger partial charge in [-0.2, -0.15) is 11.8 Å². The molecule has 0 unspecified atom stereocenters. The summed E-state index contributed by atoms with van der Waals surface area (Å²) >= 11 is 3.15. The molecule has 4 aromatic rings. The third-order valence-corrected chi connectivity index (χ3v) is 9.73. The Morgan fingerprint density at radius 2 is 1.79 bits per heavy atom. The van der Waals surface area contributed by atoms with E-state index < -0.39 is 11.4 Å². The summed E-state index contributed by atoms with van der Waals surface area (Å²) in [7, 11) is 1.60. The van der Waals surface area contributed by atoms with Crippen LogP contribution < -0.4 is 21.3 Å². The SMILES string of the molecule is COc1ccc2nc(C(=O)N[C@H]3CC[C@@H](n4c(=O)c5cc(F)cnc5n(C5CCSCC5)c4=O)CC3)sc2c1. The molecule has 39 heavy (non-hydrogen) atoms. The van der Waals surface area contributed by atoms with Crippen molar-refractivity contribution < 1.29 is 13.9 Å². The molecule has 0 spiro atoms. The van der Waals surface area contributed by atoms with E-state index in [0.717, 1.165) is 40.8 Å². The molecule has 6 rings (SSSR count). The monoisotopic (exact) mass is 569 g/mol. The molecular formula is C27H28FN5O4S2. The van der Waals surface area contributed by atoms with E-state index in [0.29, 0.717) is 36.4 Å². The van der Waals surface area contributed by atoms with E-state index in [1.54, 1.807) is 11.7 Å². The van der Waals surface area contributed by atoms with E-state index in [1.165, 1.54) is 22.0 Å². The molecule has 2 aliphatic rings. The minimum atomic E-state index is -0.602. The summed E-state index contributed by atoms with van der Waals surface area (Å²) in [4.78, 5) is 48.8. The summed E-state index contributed by atoms with van der Waals surface area (Å²) in [6.45, 7) is 0. The first-order valence-corrected chi connectivity index (χ1v) is 15.1. The number of carbonyl (C=O) groups is 1. The van der Waals surface area contributed by atoms with Crippen LogP contribution in [0.4, 0.5) is 4.39 Å². The Balaban J connectivity index is 1.23. The maximum Gasteiger partial charge on any atom is 0.333 e. The quantitative estimate of drug-likeness (QED) is 0.382. The van der Waals surface area contributed by atoms with Crippen LogP contribution in [-0.4, -0.2) is 49.7 Å². The highest BCUT2D eigenvalue weighted by atomic mass is 32.2. The average molecular weight is 570 g/mol. The molecule has 0 atom stereocenters. The molecule has 0 bridgehead atoms. The van der Waals surface area contributed by atoms with Gasteiger partial charge in [0.15, 0.2) is 5.01 Å². The van der Waals surface area contributed by atoms with Gasteiger partial charge in [-0.05, 0) is 74.3 Å². The van der Waals surface area contributed by atoms with Crippen LogP contribution >= 0.6 is 23.1 Å². The van der Waals surface area contributed by atoms with Crippen LogP contribution in [0.5, 0.6) is 5.75 Å². The number of benzene rings is 1. The summed E-state index contributed by atoms with van der Waals surface area (Å²) in [6, 6.07) is 6.19. The number of methoxy groups -OCH3 is 1. The van der Waals surface area contributed by atoms with Gasteiger partial charge in [0, 0.05) is 18.1 Å². The van der Waals surface area contributed by atoms with Crippen molar-refractivity contribution in [3.05, 3.63) is 62.1 Å². The molecule has 1 aromatic carbocycles. The highest BCUT2D eigenvalue weighted by Crippen LogP contribution is 2.31. The molecule has 1 saturated heterocycles. The van der Waals surface area contributed by atoms with Crippen molar-refractivity contribution in [3.8, 4) is 5.75 Å². The van der Waals surface area contributed by atoms with Gasteiger partial charge in [-0.3, -0.25) is 18.7 Å². The predicted octanol–water partition coefficient (Wildman–Crippen LogP) is 4.30. The number of nitrogens with zero attached hydrogens (tertiary/aromatic N) is 4. The van der Waals surface area contributed by atoms with Crippen LogP contribution in [0.25, 0.3) is 21.3 Å². The molecule has 12 heteroatoms. The lowest BCUT2D eigenvalue weighted by Crippen LogP contribution is -2.46. The maximum atomic E-state index is 14.1. The summed E-state index contributed by atoms with van der Waals surface area (Å²) in [5, 5.41) is 3.59. The van der Waals surface area contributed by atoms with Crippen molar-refractivity contribution in [1.82, 2.24) is 24.4 Å². The first kappa shape index (κ1) is 26.0. The molecule has 1 aliphatic heterocycles. The zero-order valence-corrected chi connectivity index (χ0v) is 23.0. The number of nitrogens with one attached hydrogen (secondary N) is 1. The van der Waals surface area contributed by atoms with E-state index >= 15 is 0 Å². The molecule has 4 heterocycles. The van der Waals surface area contributed by atoms with Crippen LogP contribution in [0.1, 0.15) is 60.4 Å². The lowest BCUT2D eigenvalue weighted by Gasteiger charge is -2.31. The molecule has 9 nitrogen and oxygen atoms in total. The second-order valence-corrected chi connectivity index (χ2v) is 12.3. The van der Waals surface area contributed by atoms with Gasteiger partial charge in [0.25, 0.3) is 11.5 Å². The fourth-order valence-electron chi connectivity index (χ4n) is 5.65. The number of carbonyl (C=O) groups excluding carboxylic acids is 1. The average Bonchev–Trinajstić information content (AvgIpc) is 3.39. The van der Waals surface area contributed by atoms with Gasteiger partial charge in [-0.15, -0.1) is 11.3 Å². The number of hydrogen-bond acceptors (Lipinski definition) is 8. The first-order valence-electron chi connectivity index (χ1n) is 13.1. The number of amides is 1. The molecule has 1 saturated carbocycles. The number of hydrogen-bond donors (Lipinski definition) is 1. The number of aromatic nitrogens is 4. The number of halogens is 1. The zero-order chi connectivity index (χ0) is 27.1. The van der Waals surface area contributed by atoms with Gasteiger partial charge in [0.05, 0.1) is 28.9 Å². The van der Waals surface area contributed by atoms with Crippen LogP contribution in [-0.2, 0) is 0 Å². The van der Waals surface area contributed by atoms with Crippen LogP contribution in [0.15, 0.2) is 40.1 Å². The maximum absolute atomic E-state index is 14.1. The standard InChI is InChI=1S/C27H28FN5O4S2/c1-37-19-6-7-21-22(13-19)39-25(31-21)24(34)30-16-2-4-17(5-3-16)33-26(35)20-12-15(28)14-29-23(20)32(27(33)36)18-8-10-38-11-9-18/h6-7,12-14,16-18H,2-5,8-11H2,1H3,(H,30,34)/t16-,17+. The van der Waals surface area contributed by atoms with Crippen molar-refractivity contribution in [2.75, 3.05) is 18.6 Å². The topological polar surface area (TPSA) is 108 Å². The molecule has 1 aliphatic carbocycles. The summed E-state index contributed by atoms with van der Waals surface area (Å²) in [6.07, 6.45) is 4.98. The van der Waals surface area contributed by atoms with E-state index in [2.05, 4.69) is 15.3 Å². The number of thioether (sulfide) groups is 1. The zero-order valence-electron chi connectivity index (χ0n) is 21.4. The van der Waals surface area contributed by atoms with Gasteiger partial charge in [-0.25, -0.2) is 19.2 Å². The molecule has 204 valence electrons. The van der Waals surface area contributed by atoms with Crippen molar-refractivity contribution in [1.29, 1.82) is 0 Å². The van der Waals surface area contributed by atoms with Gasteiger partial charge in [0.1, 0.15) is 17.2 Å². The molecule has 2 fully saturated rings. The third-order valence-electron chi connectivity index (χ3n) is 7.67. The number of rotatable bonds is 5. The number of fused-ring (bicyclic) bond motifs is 2. The Hall–Kier alpha value is -3.25. The molecule has 3 aromatic heterocycles. The Morgan fingerprint density at radius 3 is 2.54 bits per heavy atom.